The third kappa shape index (κ3) is 7.84. The summed E-state index contributed by atoms with van der Waals surface area (Å²) in [5.74, 6) is 0.450. The predicted octanol–water partition coefficient (Wildman–Crippen LogP) is 0.872. The van der Waals surface area contributed by atoms with E-state index in [4.69, 9.17) is 20.3 Å². The summed E-state index contributed by atoms with van der Waals surface area (Å²) in [6.45, 7) is 8.25. The van der Waals surface area contributed by atoms with Crippen molar-refractivity contribution in [3.05, 3.63) is 29.8 Å². The standard InChI is InChI=1S/C7H9BO3.C6H14O2/c1-6-2-4-7(5-3-6)11-8(9)10;1-5(2,7)6(3,4)8/h2-5,9-10H,1H3;7-8H,1-4H3. The number of hydrogen-bond donors (Lipinski definition) is 4. The SMILES string of the molecule is CC(C)(O)C(C)(C)O.Cc1ccc(OB(O)O)cc1. The van der Waals surface area contributed by atoms with Crippen molar-refractivity contribution >= 4 is 7.32 Å². The summed E-state index contributed by atoms with van der Waals surface area (Å²) in [7, 11) is -1.74. The van der Waals surface area contributed by atoms with Crippen LogP contribution in [0.25, 0.3) is 0 Å². The van der Waals surface area contributed by atoms with Crippen LogP contribution in [0.4, 0.5) is 0 Å². The van der Waals surface area contributed by atoms with Crippen molar-refractivity contribution in [1.29, 1.82) is 0 Å². The van der Waals surface area contributed by atoms with Gasteiger partial charge in [0.1, 0.15) is 5.75 Å². The van der Waals surface area contributed by atoms with Crippen molar-refractivity contribution in [2.75, 3.05) is 0 Å². The van der Waals surface area contributed by atoms with E-state index in [0.29, 0.717) is 5.75 Å². The first kappa shape index (κ1) is 17.9. The number of aryl methyl sites for hydroxylation is 1. The molecular weight excluding hydrogens is 247 g/mol. The first-order chi connectivity index (χ1) is 8.43. The monoisotopic (exact) mass is 270 g/mol. The minimum absolute atomic E-state index is 0.450. The Morgan fingerprint density at radius 2 is 1.26 bits per heavy atom. The van der Waals surface area contributed by atoms with Crippen LogP contribution in [0, 0.1) is 6.92 Å². The van der Waals surface area contributed by atoms with Gasteiger partial charge in [-0.05, 0) is 46.8 Å². The molecular formula is C13H23BO5. The molecule has 1 aromatic carbocycles. The van der Waals surface area contributed by atoms with E-state index in [1.807, 2.05) is 19.1 Å². The topological polar surface area (TPSA) is 90.2 Å². The molecule has 1 rings (SSSR count). The van der Waals surface area contributed by atoms with E-state index in [-0.39, 0.29) is 0 Å². The van der Waals surface area contributed by atoms with Crippen molar-refractivity contribution in [1.82, 2.24) is 0 Å². The summed E-state index contributed by atoms with van der Waals surface area (Å²) in [5, 5.41) is 35.0. The van der Waals surface area contributed by atoms with Crippen molar-refractivity contribution < 1.29 is 24.9 Å². The van der Waals surface area contributed by atoms with Crippen molar-refractivity contribution in [3.63, 3.8) is 0 Å². The predicted molar refractivity (Wildman–Crippen MR) is 74.6 cm³/mol. The molecule has 0 bridgehead atoms. The average molecular weight is 270 g/mol. The normalized spacial score (nSPS) is 11.4. The van der Waals surface area contributed by atoms with Crippen molar-refractivity contribution in [3.8, 4) is 5.75 Å². The average Bonchev–Trinajstić information content (AvgIpc) is 2.18. The van der Waals surface area contributed by atoms with Crippen LogP contribution in [0.2, 0.25) is 0 Å². The maximum absolute atomic E-state index is 9.10. The van der Waals surface area contributed by atoms with Gasteiger partial charge < -0.3 is 24.9 Å². The summed E-state index contributed by atoms with van der Waals surface area (Å²) in [4.78, 5) is 0. The molecule has 0 aliphatic rings. The summed E-state index contributed by atoms with van der Waals surface area (Å²) in [6.07, 6.45) is 0. The van der Waals surface area contributed by atoms with Gasteiger partial charge in [0.05, 0.1) is 11.2 Å². The van der Waals surface area contributed by atoms with Gasteiger partial charge >= 0.3 is 7.32 Å². The smallest absolute Gasteiger partial charge is 0.512 e. The Morgan fingerprint density at radius 3 is 1.53 bits per heavy atom. The molecule has 108 valence electrons. The van der Waals surface area contributed by atoms with Gasteiger partial charge in [0.15, 0.2) is 0 Å². The summed E-state index contributed by atoms with van der Waals surface area (Å²) >= 11 is 0. The Labute approximate surface area is 114 Å². The van der Waals surface area contributed by atoms with Crippen LogP contribution in [-0.4, -0.2) is 38.8 Å². The third-order valence-corrected chi connectivity index (χ3v) is 2.76. The minimum Gasteiger partial charge on any atom is -0.512 e. The molecule has 5 nitrogen and oxygen atoms in total. The fourth-order valence-corrected chi connectivity index (χ4v) is 0.739. The van der Waals surface area contributed by atoms with Crippen LogP contribution in [0.15, 0.2) is 24.3 Å². The fourth-order valence-electron chi connectivity index (χ4n) is 0.739. The second-order valence-electron chi connectivity index (χ2n) is 5.38. The molecule has 0 heterocycles. The second kappa shape index (κ2) is 6.91. The molecule has 4 N–H and O–H groups in total. The van der Waals surface area contributed by atoms with Gasteiger partial charge in [-0.25, -0.2) is 0 Å². The molecule has 0 amide bonds. The summed E-state index contributed by atoms with van der Waals surface area (Å²) < 4.78 is 4.58. The number of rotatable bonds is 3. The zero-order valence-corrected chi connectivity index (χ0v) is 12.1. The molecule has 0 aromatic heterocycles. The molecule has 0 aliphatic carbocycles. The van der Waals surface area contributed by atoms with Gasteiger partial charge in [0.25, 0.3) is 0 Å². The second-order valence-corrected chi connectivity index (χ2v) is 5.38. The lowest BCUT2D eigenvalue weighted by Crippen LogP contribution is -2.44. The third-order valence-electron chi connectivity index (χ3n) is 2.76. The molecule has 0 spiro atoms. The molecule has 0 fully saturated rings. The van der Waals surface area contributed by atoms with Crippen molar-refractivity contribution in [2.45, 2.75) is 45.8 Å². The Kier molecular flexibility index (Phi) is 6.52. The van der Waals surface area contributed by atoms with Gasteiger partial charge in [-0.2, -0.15) is 0 Å². The molecule has 0 saturated carbocycles. The highest BCUT2D eigenvalue weighted by atomic mass is 16.6. The zero-order chi connectivity index (χ0) is 15.3. The van der Waals surface area contributed by atoms with Crippen LogP contribution in [0.5, 0.6) is 5.75 Å². The van der Waals surface area contributed by atoms with Gasteiger partial charge in [-0.3, -0.25) is 0 Å². The zero-order valence-electron chi connectivity index (χ0n) is 12.1. The first-order valence-electron chi connectivity index (χ1n) is 5.97. The maximum atomic E-state index is 9.10. The quantitative estimate of drug-likeness (QED) is 0.612. The Bertz CT molecular complexity index is 350. The summed E-state index contributed by atoms with van der Waals surface area (Å²) in [5.41, 5.74) is -0.912. The van der Waals surface area contributed by atoms with Gasteiger partial charge in [0, 0.05) is 0 Å². The molecule has 19 heavy (non-hydrogen) atoms. The lowest BCUT2D eigenvalue weighted by Gasteiger charge is -2.31. The highest BCUT2D eigenvalue weighted by molar-refractivity contribution is 6.33. The van der Waals surface area contributed by atoms with Gasteiger partial charge in [-0.1, -0.05) is 17.7 Å². The maximum Gasteiger partial charge on any atom is 0.707 e. The van der Waals surface area contributed by atoms with E-state index in [0.717, 1.165) is 5.56 Å². The van der Waals surface area contributed by atoms with Crippen LogP contribution < -0.4 is 4.65 Å². The molecule has 0 aliphatic heterocycles. The first-order valence-corrected chi connectivity index (χ1v) is 5.97. The van der Waals surface area contributed by atoms with Crippen LogP contribution >= 0.6 is 0 Å². The van der Waals surface area contributed by atoms with E-state index in [9.17, 15) is 0 Å². The van der Waals surface area contributed by atoms with E-state index >= 15 is 0 Å². The Hall–Kier alpha value is -1.08. The lowest BCUT2D eigenvalue weighted by atomic mass is 9.90. The van der Waals surface area contributed by atoms with E-state index in [2.05, 4.69) is 4.65 Å². The van der Waals surface area contributed by atoms with E-state index < -0.39 is 18.5 Å². The molecule has 1 aromatic rings. The van der Waals surface area contributed by atoms with Crippen molar-refractivity contribution in [2.24, 2.45) is 0 Å². The fraction of sp³-hybridized carbons (Fsp3) is 0.538. The lowest BCUT2D eigenvalue weighted by molar-refractivity contribution is -0.107. The highest BCUT2D eigenvalue weighted by Crippen LogP contribution is 2.19. The van der Waals surface area contributed by atoms with E-state index in [1.165, 1.54) is 0 Å². The number of hydrogen-bond acceptors (Lipinski definition) is 5. The molecule has 0 unspecified atom stereocenters. The largest absolute Gasteiger partial charge is 0.707 e. The molecule has 6 heteroatoms. The molecule has 0 saturated heterocycles. The highest BCUT2D eigenvalue weighted by Gasteiger charge is 2.31. The van der Waals surface area contributed by atoms with Crippen LogP contribution in [-0.2, 0) is 0 Å². The Balaban J connectivity index is 0.000000362. The number of benzene rings is 1. The molecule has 0 radical (unpaired) electrons. The van der Waals surface area contributed by atoms with Crippen LogP contribution in [0.3, 0.4) is 0 Å². The molecule has 0 atom stereocenters. The Morgan fingerprint density at radius 1 is 0.895 bits per heavy atom. The van der Waals surface area contributed by atoms with Crippen LogP contribution in [0.1, 0.15) is 33.3 Å². The number of aliphatic hydroxyl groups is 2. The summed E-state index contributed by atoms with van der Waals surface area (Å²) in [6, 6.07) is 7.01. The van der Waals surface area contributed by atoms with Gasteiger partial charge in [0.2, 0.25) is 0 Å². The van der Waals surface area contributed by atoms with Gasteiger partial charge in [-0.15, -0.1) is 0 Å². The minimum atomic E-state index is -1.74. The van der Waals surface area contributed by atoms with E-state index in [1.54, 1.807) is 39.8 Å².